The molecule has 0 spiro atoms. The van der Waals surface area contributed by atoms with E-state index in [2.05, 4.69) is 20.3 Å². The third-order valence-electron chi connectivity index (χ3n) is 2.99. The van der Waals surface area contributed by atoms with Crippen LogP contribution in [0.3, 0.4) is 0 Å². The zero-order valence-corrected chi connectivity index (χ0v) is 14.0. The number of hydrogen-bond acceptors (Lipinski definition) is 3. The molecule has 0 radical (unpaired) electrons. The summed E-state index contributed by atoms with van der Waals surface area (Å²) in [4.78, 5) is 11.4. The molecule has 0 N–H and O–H groups in total. The van der Waals surface area contributed by atoms with Gasteiger partial charge in [-0.25, -0.2) is 0 Å². The first-order chi connectivity index (χ1) is 9.79. The van der Waals surface area contributed by atoms with Crippen LogP contribution in [-0.4, -0.2) is 19.9 Å². The first-order valence-corrected chi connectivity index (χ1v) is 8.57. The molecule has 1 aliphatic rings. The van der Waals surface area contributed by atoms with Crippen LogP contribution in [0.4, 0.5) is 0 Å². The molecule has 2 rings (SSSR count). The number of ketones is 1. The summed E-state index contributed by atoms with van der Waals surface area (Å²) in [5.74, 6) is 0.117. The largest absolute Gasteiger partial charge is 0.289 e. The summed E-state index contributed by atoms with van der Waals surface area (Å²) in [6.45, 7) is 4.08. The van der Waals surface area contributed by atoms with Gasteiger partial charge in [0.25, 0.3) is 10.0 Å². The Kier molecular flexibility index (Phi) is 4.58. The lowest BCUT2D eigenvalue weighted by molar-refractivity contribution is -0.110. The van der Waals surface area contributed by atoms with Crippen molar-refractivity contribution in [2.45, 2.75) is 24.7 Å². The van der Waals surface area contributed by atoms with Crippen LogP contribution < -0.4 is 0 Å². The van der Waals surface area contributed by atoms with Gasteiger partial charge in [0, 0.05) is 0 Å². The van der Waals surface area contributed by atoms with E-state index in [0.29, 0.717) is 5.92 Å². The summed E-state index contributed by atoms with van der Waals surface area (Å²) >= 11 is 3.07. The van der Waals surface area contributed by atoms with Gasteiger partial charge >= 0.3 is 0 Å². The van der Waals surface area contributed by atoms with Gasteiger partial charge in [-0.1, -0.05) is 26.0 Å². The van der Waals surface area contributed by atoms with Crippen molar-refractivity contribution in [3.8, 4) is 0 Å². The molecule has 0 amide bonds. The van der Waals surface area contributed by atoms with Crippen LogP contribution in [0.25, 0.3) is 0 Å². The van der Waals surface area contributed by atoms with Crippen LogP contribution in [0.5, 0.6) is 0 Å². The molecule has 1 aromatic carbocycles. The zero-order valence-electron chi connectivity index (χ0n) is 11.6. The smallest absolute Gasteiger partial charge is 0.282 e. The van der Waals surface area contributed by atoms with E-state index >= 15 is 0 Å². The molecule has 4 nitrogen and oxygen atoms in total. The van der Waals surface area contributed by atoms with Gasteiger partial charge in [0.2, 0.25) is 0 Å². The summed E-state index contributed by atoms with van der Waals surface area (Å²) in [7, 11) is -3.78. The highest BCUT2D eigenvalue weighted by Crippen LogP contribution is 2.20. The van der Waals surface area contributed by atoms with E-state index in [1.807, 2.05) is 13.8 Å². The topological polar surface area (TPSA) is 63.6 Å². The molecule has 0 heterocycles. The normalized spacial score (nSPS) is 17.4. The van der Waals surface area contributed by atoms with E-state index in [4.69, 9.17) is 0 Å². The molecule has 1 aliphatic carbocycles. The van der Waals surface area contributed by atoms with Crippen LogP contribution in [-0.2, 0) is 14.8 Å². The number of sulfonamides is 1. The predicted octanol–water partition coefficient (Wildman–Crippen LogP) is 3.36. The average Bonchev–Trinajstić information content (AvgIpc) is 2.43. The molecule has 0 fully saturated rings. The summed E-state index contributed by atoms with van der Waals surface area (Å²) in [6.07, 6.45) is 4.05. The Morgan fingerprint density at radius 1 is 1.10 bits per heavy atom. The third-order valence-corrected chi connectivity index (χ3v) is 4.92. The fourth-order valence-corrected chi connectivity index (χ4v) is 3.11. The Morgan fingerprint density at radius 3 is 2.24 bits per heavy atom. The Morgan fingerprint density at radius 2 is 1.71 bits per heavy atom. The van der Waals surface area contributed by atoms with Gasteiger partial charge in [-0.2, -0.15) is 12.8 Å². The molecule has 1 aromatic rings. The van der Waals surface area contributed by atoms with E-state index in [-0.39, 0.29) is 20.9 Å². The number of hydrogen-bond donors (Lipinski definition) is 0. The molecule has 0 unspecified atom stereocenters. The average molecular weight is 368 g/mol. The van der Waals surface area contributed by atoms with Gasteiger partial charge in [-0.05, 0) is 57.8 Å². The van der Waals surface area contributed by atoms with Crippen LogP contribution >= 0.6 is 15.9 Å². The highest BCUT2D eigenvalue weighted by atomic mass is 79.9. The maximum absolute atomic E-state index is 12.2. The first kappa shape index (κ1) is 15.9. The monoisotopic (exact) mass is 367 g/mol. The minimum absolute atomic E-state index is 0.134. The molecule has 0 saturated carbocycles. The van der Waals surface area contributed by atoms with Gasteiger partial charge in [-0.3, -0.25) is 4.79 Å². The van der Waals surface area contributed by atoms with Crippen molar-refractivity contribution in [2.75, 3.05) is 0 Å². The van der Waals surface area contributed by atoms with E-state index in [9.17, 15) is 13.2 Å². The molecule has 110 valence electrons. The lowest BCUT2D eigenvalue weighted by Crippen LogP contribution is -2.07. The SMILES string of the molecule is CC(C)c1ccc(S(=O)(=O)N=C2C=CC(=O)C(Br)=C2)cc1. The van der Waals surface area contributed by atoms with Crippen molar-refractivity contribution in [3.05, 3.63) is 52.5 Å². The number of carbonyl (C=O) groups is 1. The van der Waals surface area contributed by atoms with Crippen molar-refractivity contribution >= 4 is 37.4 Å². The number of benzene rings is 1. The van der Waals surface area contributed by atoms with Gasteiger partial charge < -0.3 is 0 Å². The maximum atomic E-state index is 12.2. The third kappa shape index (κ3) is 3.77. The first-order valence-electron chi connectivity index (χ1n) is 6.34. The Labute approximate surface area is 132 Å². The molecule has 0 saturated heterocycles. The second kappa shape index (κ2) is 6.07. The number of nitrogens with zero attached hydrogens (tertiary/aromatic N) is 1. The van der Waals surface area contributed by atoms with E-state index in [1.54, 1.807) is 24.3 Å². The highest BCUT2D eigenvalue weighted by molar-refractivity contribution is 9.12. The lowest BCUT2D eigenvalue weighted by atomic mass is 10.0. The second-order valence-electron chi connectivity index (χ2n) is 4.90. The van der Waals surface area contributed by atoms with Crippen molar-refractivity contribution in [2.24, 2.45) is 4.40 Å². The summed E-state index contributed by atoms with van der Waals surface area (Å²) in [5.41, 5.74) is 1.28. The van der Waals surface area contributed by atoms with Crippen LogP contribution in [0.1, 0.15) is 25.3 Å². The zero-order chi connectivity index (χ0) is 15.6. The quantitative estimate of drug-likeness (QED) is 0.769. The fraction of sp³-hybridized carbons (Fsp3) is 0.200. The fourth-order valence-electron chi connectivity index (χ4n) is 1.76. The van der Waals surface area contributed by atoms with Gasteiger partial charge in [-0.15, -0.1) is 0 Å². The molecule has 6 heteroatoms. The highest BCUT2D eigenvalue weighted by Gasteiger charge is 2.16. The molecule has 0 aromatic heterocycles. The van der Waals surface area contributed by atoms with Crippen molar-refractivity contribution in [1.82, 2.24) is 0 Å². The van der Waals surface area contributed by atoms with Crippen LogP contribution in [0.15, 0.2) is 56.3 Å². The molecule has 21 heavy (non-hydrogen) atoms. The Balaban J connectivity index is 2.35. The van der Waals surface area contributed by atoms with E-state index < -0.39 is 10.0 Å². The minimum Gasteiger partial charge on any atom is -0.289 e. The van der Waals surface area contributed by atoms with Gasteiger partial charge in [0.05, 0.1) is 15.1 Å². The lowest BCUT2D eigenvalue weighted by Gasteiger charge is -2.07. The molecule has 0 bridgehead atoms. The maximum Gasteiger partial charge on any atom is 0.282 e. The second-order valence-corrected chi connectivity index (χ2v) is 7.36. The number of halogens is 1. The summed E-state index contributed by atoms with van der Waals surface area (Å²) in [6, 6.07) is 6.66. The number of allylic oxidation sites excluding steroid dienone is 4. The molecular formula is C15H14BrNO3S. The van der Waals surface area contributed by atoms with Gasteiger partial charge in [0.15, 0.2) is 5.78 Å². The van der Waals surface area contributed by atoms with Gasteiger partial charge in [0.1, 0.15) is 0 Å². The van der Waals surface area contributed by atoms with Crippen molar-refractivity contribution in [3.63, 3.8) is 0 Å². The number of carbonyl (C=O) groups excluding carboxylic acids is 1. The van der Waals surface area contributed by atoms with Crippen LogP contribution in [0, 0.1) is 0 Å². The Hall–Kier alpha value is -1.53. The molecular weight excluding hydrogens is 354 g/mol. The standard InChI is InChI=1S/C15H14BrNO3S/c1-10(2)11-3-6-13(7-4-11)21(19,20)17-12-5-8-15(18)14(16)9-12/h3-10H,1-2H3. The number of rotatable bonds is 3. The molecule has 0 atom stereocenters. The predicted molar refractivity (Wildman–Crippen MR) is 86.3 cm³/mol. The summed E-state index contributed by atoms with van der Waals surface area (Å²) in [5, 5.41) is 0. The van der Waals surface area contributed by atoms with E-state index in [0.717, 1.165) is 5.56 Å². The van der Waals surface area contributed by atoms with E-state index in [1.165, 1.54) is 18.2 Å². The molecule has 0 aliphatic heterocycles. The minimum atomic E-state index is -3.78. The van der Waals surface area contributed by atoms with Crippen LogP contribution in [0.2, 0.25) is 0 Å². The summed E-state index contributed by atoms with van der Waals surface area (Å²) < 4.78 is 28.5. The Bertz CT molecular complexity index is 757. The van der Waals surface area contributed by atoms with Crippen molar-refractivity contribution in [1.29, 1.82) is 0 Å². The van der Waals surface area contributed by atoms with Crippen molar-refractivity contribution < 1.29 is 13.2 Å².